The highest BCUT2D eigenvalue weighted by Gasteiger charge is 2.33. The second kappa shape index (κ2) is 9.72. The van der Waals surface area contributed by atoms with Crippen molar-refractivity contribution in [2.45, 2.75) is 72.6 Å². The highest BCUT2D eigenvalue weighted by Crippen LogP contribution is 2.31. The van der Waals surface area contributed by atoms with Gasteiger partial charge in [0.05, 0.1) is 24.1 Å². The molecule has 172 valence electrons. The molecule has 1 heterocycles. The van der Waals surface area contributed by atoms with Gasteiger partial charge in [0.15, 0.2) is 0 Å². The van der Waals surface area contributed by atoms with Crippen LogP contribution in [0.2, 0.25) is 0 Å². The minimum absolute atomic E-state index is 0.108. The maximum absolute atomic E-state index is 12.5. The fraction of sp³-hybridized carbons (Fsp3) is 0.500. The average Bonchev–Trinajstić information content (AvgIpc) is 3.19. The normalized spacial score (nSPS) is 16.9. The van der Waals surface area contributed by atoms with Crippen molar-refractivity contribution in [1.82, 2.24) is 9.78 Å². The van der Waals surface area contributed by atoms with Crippen LogP contribution in [-0.2, 0) is 32.2 Å². The van der Waals surface area contributed by atoms with Gasteiger partial charge in [-0.2, -0.15) is 5.10 Å². The van der Waals surface area contributed by atoms with Gasteiger partial charge in [0.2, 0.25) is 0 Å². The van der Waals surface area contributed by atoms with Crippen LogP contribution in [0.15, 0.2) is 48.8 Å². The number of esters is 2. The van der Waals surface area contributed by atoms with Crippen molar-refractivity contribution in [3.8, 4) is 0 Å². The van der Waals surface area contributed by atoms with Crippen molar-refractivity contribution in [3.63, 3.8) is 0 Å². The average molecular weight is 439 g/mol. The Morgan fingerprint density at radius 3 is 2.47 bits per heavy atom. The molecule has 3 rings (SSSR count). The van der Waals surface area contributed by atoms with Gasteiger partial charge < -0.3 is 9.47 Å². The van der Waals surface area contributed by atoms with Crippen LogP contribution >= 0.6 is 0 Å². The summed E-state index contributed by atoms with van der Waals surface area (Å²) in [6.07, 6.45) is 8.12. The maximum Gasteiger partial charge on any atom is 0.313 e. The lowest BCUT2D eigenvalue weighted by molar-refractivity contribution is -0.166. The summed E-state index contributed by atoms with van der Waals surface area (Å²) in [4.78, 5) is 24.9. The Morgan fingerprint density at radius 2 is 1.84 bits per heavy atom. The minimum Gasteiger partial charge on any atom is -0.461 e. The van der Waals surface area contributed by atoms with Crippen molar-refractivity contribution in [2.75, 3.05) is 0 Å². The quantitative estimate of drug-likeness (QED) is 0.557. The third-order valence-electron chi connectivity index (χ3n) is 5.48. The molecule has 0 spiro atoms. The number of hydrogen-bond donors (Lipinski definition) is 0. The van der Waals surface area contributed by atoms with E-state index in [9.17, 15) is 9.59 Å². The van der Waals surface area contributed by atoms with Gasteiger partial charge in [-0.15, -0.1) is 0 Å². The van der Waals surface area contributed by atoms with Crippen LogP contribution in [0.1, 0.15) is 65.0 Å². The van der Waals surface area contributed by atoms with E-state index in [1.54, 1.807) is 4.68 Å². The zero-order valence-corrected chi connectivity index (χ0v) is 19.8. The molecule has 6 heteroatoms. The number of carbonyl (C=O) groups excluding carboxylic acids is 2. The van der Waals surface area contributed by atoms with Gasteiger partial charge in [0.1, 0.15) is 12.2 Å². The minimum atomic E-state index is -0.689. The van der Waals surface area contributed by atoms with Crippen LogP contribution in [-0.4, -0.2) is 27.3 Å². The molecule has 6 nitrogen and oxygen atoms in total. The molecule has 1 aliphatic rings. The second-order valence-corrected chi connectivity index (χ2v) is 10.1. The fourth-order valence-electron chi connectivity index (χ4n) is 3.66. The van der Waals surface area contributed by atoms with E-state index in [1.165, 1.54) is 5.57 Å². The van der Waals surface area contributed by atoms with Gasteiger partial charge in [-0.05, 0) is 65.0 Å². The van der Waals surface area contributed by atoms with Crippen LogP contribution in [0, 0.1) is 11.3 Å². The summed E-state index contributed by atoms with van der Waals surface area (Å²) < 4.78 is 12.8. The van der Waals surface area contributed by atoms with Gasteiger partial charge >= 0.3 is 11.9 Å². The molecule has 0 saturated carbocycles. The Kier molecular flexibility index (Phi) is 7.22. The summed E-state index contributed by atoms with van der Waals surface area (Å²) in [7, 11) is 0. The molecule has 0 saturated heterocycles. The first-order valence-electron chi connectivity index (χ1n) is 11.2. The molecule has 1 aliphatic carbocycles. The fourth-order valence-corrected chi connectivity index (χ4v) is 3.66. The zero-order chi connectivity index (χ0) is 23.4. The molecule has 2 aromatic rings. The van der Waals surface area contributed by atoms with Crippen LogP contribution < -0.4 is 0 Å². The number of rotatable bonds is 7. The SMILES string of the molecule is CC(C)(C)OC(=O)C(C)(C)Cn1cc(C2=CCC(C(=O)OCc3ccccc3)CC2)cn1. The van der Waals surface area contributed by atoms with Crippen molar-refractivity contribution >= 4 is 17.5 Å². The van der Waals surface area contributed by atoms with Crippen molar-refractivity contribution in [2.24, 2.45) is 11.3 Å². The van der Waals surface area contributed by atoms with Crippen LogP contribution in [0.5, 0.6) is 0 Å². The van der Waals surface area contributed by atoms with E-state index in [0.29, 0.717) is 19.6 Å². The Labute approximate surface area is 190 Å². The topological polar surface area (TPSA) is 70.4 Å². The van der Waals surface area contributed by atoms with Crippen LogP contribution in [0.4, 0.5) is 0 Å². The molecule has 0 fully saturated rings. The first kappa shape index (κ1) is 23.8. The molecule has 32 heavy (non-hydrogen) atoms. The van der Waals surface area contributed by atoms with Gasteiger partial charge in [-0.1, -0.05) is 36.4 Å². The molecule has 0 N–H and O–H groups in total. The van der Waals surface area contributed by atoms with E-state index >= 15 is 0 Å². The van der Waals surface area contributed by atoms with Crippen molar-refractivity contribution < 1.29 is 19.1 Å². The molecule has 0 aliphatic heterocycles. The summed E-state index contributed by atoms with van der Waals surface area (Å²) in [6.45, 7) is 10.1. The maximum atomic E-state index is 12.5. The molecule has 0 bridgehead atoms. The lowest BCUT2D eigenvalue weighted by Crippen LogP contribution is -2.36. The summed E-state index contributed by atoms with van der Waals surface area (Å²) in [5.74, 6) is -0.488. The second-order valence-electron chi connectivity index (χ2n) is 10.1. The summed E-state index contributed by atoms with van der Waals surface area (Å²) in [5.41, 5.74) is 2.00. The smallest absolute Gasteiger partial charge is 0.313 e. The number of hydrogen-bond acceptors (Lipinski definition) is 5. The Hall–Kier alpha value is -2.89. The van der Waals surface area contributed by atoms with Gasteiger partial charge in [0, 0.05) is 11.8 Å². The van der Waals surface area contributed by atoms with E-state index < -0.39 is 11.0 Å². The summed E-state index contributed by atoms with van der Waals surface area (Å²) in [6, 6.07) is 9.72. The van der Waals surface area contributed by atoms with E-state index in [1.807, 2.05) is 77.3 Å². The third-order valence-corrected chi connectivity index (χ3v) is 5.48. The van der Waals surface area contributed by atoms with E-state index in [2.05, 4.69) is 11.2 Å². The standard InChI is InChI=1S/C26H34N2O4/c1-25(2,3)32-24(30)26(4,5)18-28-16-22(15-27-28)20-11-13-21(14-12-20)23(29)31-17-19-9-7-6-8-10-19/h6-11,15-16,21H,12-14,17-18H2,1-5H3. The van der Waals surface area contributed by atoms with Gasteiger partial charge in [0.25, 0.3) is 0 Å². The van der Waals surface area contributed by atoms with E-state index in [-0.39, 0.29) is 17.9 Å². The molecule has 0 radical (unpaired) electrons. The van der Waals surface area contributed by atoms with Crippen LogP contribution in [0.3, 0.4) is 0 Å². The highest BCUT2D eigenvalue weighted by molar-refractivity contribution is 5.76. The Morgan fingerprint density at radius 1 is 1.12 bits per heavy atom. The number of nitrogens with zero attached hydrogens (tertiary/aromatic N) is 2. The predicted octanol–water partition coefficient (Wildman–Crippen LogP) is 5.18. The molecule has 1 aromatic heterocycles. The number of ether oxygens (including phenoxy) is 2. The molecular formula is C26H34N2O4. The first-order chi connectivity index (χ1) is 15.0. The lowest BCUT2D eigenvalue weighted by Gasteiger charge is -2.28. The highest BCUT2D eigenvalue weighted by atomic mass is 16.6. The van der Waals surface area contributed by atoms with Crippen LogP contribution in [0.25, 0.3) is 5.57 Å². The van der Waals surface area contributed by atoms with E-state index in [0.717, 1.165) is 24.0 Å². The molecule has 0 amide bonds. The summed E-state index contributed by atoms with van der Waals surface area (Å²) >= 11 is 0. The monoisotopic (exact) mass is 438 g/mol. The number of aromatic nitrogens is 2. The Bertz CT molecular complexity index is 967. The van der Waals surface area contributed by atoms with Crippen molar-refractivity contribution in [3.05, 3.63) is 59.9 Å². The molecule has 1 atom stereocenters. The third kappa shape index (κ3) is 6.55. The molecule has 1 unspecified atom stereocenters. The van der Waals surface area contributed by atoms with Gasteiger partial charge in [-0.25, -0.2) is 0 Å². The zero-order valence-electron chi connectivity index (χ0n) is 19.8. The molecular weight excluding hydrogens is 404 g/mol. The Balaban J connectivity index is 1.55. The van der Waals surface area contributed by atoms with E-state index in [4.69, 9.17) is 9.47 Å². The van der Waals surface area contributed by atoms with Gasteiger partial charge in [-0.3, -0.25) is 14.3 Å². The number of carbonyl (C=O) groups is 2. The first-order valence-corrected chi connectivity index (χ1v) is 11.2. The number of allylic oxidation sites excluding steroid dienone is 2. The lowest BCUT2D eigenvalue weighted by atomic mass is 9.87. The number of benzene rings is 1. The molecule has 1 aromatic carbocycles. The predicted molar refractivity (Wildman–Crippen MR) is 123 cm³/mol. The summed E-state index contributed by atoms with van der Waals surface area (Å²) in [5, 5.41) is 4.45. The largest absolute Gasteiger partial charge is 0.461 e. The van der Waals surface area contributed by atoms with Crippen molar-refractivity contribution in [1.29, 1.82) is 0 Å².